The summed E-state index contributed by atoms with van der Waals surface area (Å²) in [5, 5.41) is 8.70. The first-order valence-corrected chi connectivity index (χ1v) is 7.53. The fourth-order valence-electron chi connectivity index (χ4n) is 1.31. The molecule has 1 saturated heterocycles. The molecule has 2 rings (SSSR count). The number of aliphatic carboxylic acids is 1. The zero-order chi connectivity index (χ0) is 13.3. The van der Waals surface area contributed by atoms with Gasteiger partial charge in [0, 0.05) is 4.88 Å². The molecule has 1 amide bonds. The molecule has 0 unspecified atom stereocenters. The fourth-order valence-corrected chi connectivity index (χ4v) is 3.99. The average Bonchev–Trinajstić information content (AvgIpc) is 2.78. The number of carboxylic acids is 1. The molecule has 0 bridgehead atoms. The molecule has 1 aliphatic rings. The van der Waals surface area contributed by atoms with Crippen molar-refractivity contribution in [3.63, 3.8) is 0 Å². The number of thioether (sulfide) groups is 1. The summed E-state index contributed by atoms with van der Waals surface area (Å²) in [6, 6.07) is 3.76. The maximum Gasteiger partial charge on any atom is 0.323 e. The molecule has 0 atom stereocenters. The van der Waals surface area contributed by atoms with Crippen LogP contribution in [0, 0.1) is 0 Å². The highest BCUT2D eigenvalue weighted by molar-refractivity contribution is 9.11. The zero-order valence-electron chi connectivity index (χ0n) is 8.75. The van der Waals surface area contributed by atoms with Gasteiger partial charge in [-0.3, -0.25) is 14.5 Å². The van der Waals surface area contributed by atoms with Crippen LogP contribution in [-0.4, -0.2) is 32.7 Å². The Balaban J connectivity index is 2.22. The smallest absolute Gasteiger partial charge is 0.323 e. The van der Waals surface area contributed by atoms with Gasteiger partial charge in [0.15, 0.2) is 0 Å². The molecule has 1 aromatic rings. The van der Waals surface area contributed by atoms with E-state index < -0.39 is 12.5 Å². The third-order valence-electron chi connectivity index (χ3n) is 2.03. The molecule has 0 aromatic carbocycles. The first kappa shape index (κ1) is 13.7. The second-order valence-corrected chi connectivity index (χ2v) is 7.47. The van der Waals surface area contributed by atoms with Crippen LogP contribution in [0.4, 0.5) is 0 Å². The van der Waals surface area contributed by atoms with Gasteiger partial charge in [-0.05, 0) is 34.1 Å². The van der Waals surface area contributed by atoms with Crippen molar-refractivity contribution in [2.24, 2.45) is 0 Å². The summed E-state index contributed by atoms with van der Waals surface area (Å²) >= 11 is 10.9. The minimum absolute atomic E-state index is 0.282. The van der Waals surface area contributed by atoms with E-state index in [1.54, 1.807) is 6.08 Å². The molecular formula is C10H6BrNO3S3. The van der Waals surface area contributed by atoms with Crippen LogP contribution in [0.15, 0.2) is 20.8 Å². The molecule has 8 heteroatoms. The number of carboxylic acid groups (broad SMARTS) is 1. The number of carbonyl (C=O) groups excluding carboxylic acids is 1. The number of nitrogens with zero attached hydrogens (tertiary/aromatic N) is 1. The van der Waals surface area contributed by atoms with Gasteiger partial charge in [-0.25, -0.2) is 0 Å². The van der Waals surface area contributed by atoms with Crippen LogP contribution in [0.25, 0.3) is 6.08 Å². The van der Waals surface area contributed by atoms with Gasteiger partial charge in [0.2, 0.25) is 0 Å². The molecule has 2 heterocycles. The van der Waals surface area contributed by atoms with Crippen LogP contribution in [0.3, 0.4) is 0 Å². The first-order valence-electron chi connectivity index (χ1n) is 4.70. The van der Waals surface area contributed by atoms with E-state index in [2.05, 4.69) is 15.9 Å². The lowest BCUT2D eigenvalue weighted by Gasteiger charge is -2.09. The lowest BCUT2D eigenvalue weighted by molar-refractivity contribution is -0.140. The van der Waals surface area contributed by atoms with Gasteiger partial charge in [-0.15, -0.1) is 11.3 Å². The minimum Gasteiger partial charge on any atom is -0.480 e. The topological polar surface area (TPSA) is 57.6 Å². The Bertz CT molecular complexity index is 566. The van der Waals surface area contributed by atoms with Crippen molar-refractivity contribution >= 4 is 73.5 Å². The largest absolute Gasteiger partial charge is 0.480 e. The Hall–Kier alpha value is -0.700. The summed E-state index contributed by atoms with van der Waals surface area (Å²) in [6.07, 6.45) is 1.72. The van der Waals surface area contributed by atoms with E-state index in [4.69, 9.17) is 17.3 Å². The van der Waals surface area contributed by atoms with Crippen LogP contribution in [0.2, 0.25) is 0 Å². The molecule has 0 aliphatic carbocycles. The van der Waals surface area contributed by atoms with Crippen molar-refractivity contribution < 1.29 is 14.7 Å². The SMILES string of the molecule is O=C(O)CN1C(=O)C(=Cc2ccc(Br)s2)SC1=S. The van der Waals surface area contributed by atoms with Crippen molar-refractivity contribution in [2.75, 3.05) is 6.54 Å². The third kappa shape index (κ3) is 3.00. The molecule has 1 fully saturated rings. The van der Waals surface area contributed by atoms with E-state index in [9.17, 15) is 9.59 Å². The van der Waals surface area contributed by atoms with E-state index in [-0.39, 0.29) is 10.2 Å². The van der Waals surface area contributed by atoms with Crippen molar-refractivity contribution in [3.8, 4) is 0 Å². The zero-order valence-corrected chi connectivity index (χ0v) is 12.8. The molecule has 0 saturated carbocycles. The summed E-state index contributed by atoms with van der Waals surface area (Å²) in [7, 11) is 0. The highest BCUT2D eigenvalue weighted by atomic mass is 79.9. The normalized spacial score (nSPS) is 17.8. The van der Waals surface area contributed by atoms with Gasteiger partial charge in [-0.2, -0.15) is 0 Å². The molecule has 94 valence electrons. The first-order chi connectivity index (χ1) is 8.47. The number of thiophene rings is 1. The maximum absolute atomic E-state index is 11.9. The summed E-state index contributed by atoms with van der Waals surface area (Å²) in [5.74, 6) is -1.43. The summed E-state index contributed by atoms with van der Waals surface area (Å²) in [6.45, 7) is -0.393. The molecule has 1 aromatic heterocycles. The lowest BCUT2D eigenvalue weighted by atomic mass is 10.4. The lowest BCUT2D eigenvalue weighted by Crippen LogP contribution is -2.33. The quantitative estimate of drug-likeness (QED) is 0.660. The number of carbonyl (C=O) groups is 2. The van der Waals surface area contributed by atoms with E-state index in [1.807, 2.05) is 12.1 Å². The Morgan fingerprint density at radius 1 is 1.56 bits per heavy atom. The van der Waals surface area contributed by atoms with E-state index in [0.717, 1.165) is 25.3 Å². The van der Waals surface area contributed by atoms with E-state index in [0.29, 0.717) is 4.91 Å². The Morgan fingerprint density at radius 3 is 2.83 bits per heavy atom. The second kappa shape index (κ2) is 5.52. The van der Waals surface area contributed by atoms with Gasteiger partial charge in [0.1, 0.15) is 10.9 Å². The predicted molar refractivity (Wildman–Crippen MR) is 79.5 cm³/mol. The minimum atomic E-state index is -1.08. The van der Waals surface area contributed by atoms with E-state index >= 15 is 0 Å². The number of halogens is 1. The molecule has 0 spiro atoms. The van der Waals surface area contributed by atoms with Crippen molar-refractivity contribution in [3.05, 3.63) is 25.7 Å². The summed E-state index contributed by atoms with van der Waals surface area (Å²) in [5.41, 5.74) is 0. The highest BCUT2D eigenvalue weighted by Crippen LogP contribution is 2.34. The summed E-state index contributed by atoms with van der Waals surface area (Å²) < 4.78 is 1.25. The van der Waals surface area contributed by atoms with Gasteiger partial charge < -0.3 is 5.11 Å². The molecule has 0 radical (unpaired) electrons. The maximum atomic E-state index is 11.9. The summed E-state index contributed by atoms with van der Waals surface area (Å²) in [4.78, 5) is 25.0. The second-order valence-electron chi connectivity index (χ2n) is 3.30. The van der Waals surface area contributed by atoms with Crippen LogP contribution < -0.4 is 0 Å². The number of rotatable bonds is 3. The predicted octanol–water partition coefficient (Wildman–Crippen LogP) is 2.80. The molecular weight excluding hydrogens is 358 g/mol. The Labute approximate surface area is 125 Å². The molecule has 1 aliphatic heterocycles. The molecule has 4 nitrogen and oxygen atoms in total. The highest BCUT2D eigenvalue weighted by Gasteiger charge is 2.33. The Morgan fingerprint density at radius 2 is 2.28 bits per heavy atom. The monoisotopic (exact) mass is 363 g/mol. The van der Waals surface area contributed by atoms with Crippen molar-refractivity contribution in [1.29, 1.82) is 0 Å². The third-order valence-corrected chi connectivity index (χ3v) is 4.98. The van der Waals surface area contributed by atoms with Crippen LogP contribution in [-0.2, 0) is 9.59 Å². The van der Waals surface area contributed by atoms with Gasteiger partial charge >= 0.3 is 5.97 Å². The number of amides is 1. The molecule has 18 heavy (non-hydrogen) atoms. The number of thiocarbonyl (C=S) groups is 1. The van der Waals surface area contributed by atoms with Crippen LogP contribution >= 0.6 is 51.2 Å². The number of hydrogen-bond acceptors (Lipinski definition) is 5. The average molecular weight is 364 g/mol. The fraction of sp³-hybridized carbons (Fsp3) is 0.100. The van der Waals surface area contributed by atoms with Crippen LogP contribution in [0.5, 0.6) is 0 Å². The molecule has 1 N–H and O–H groups in total. The van der Waals surface area contributed by atoms with Gasteiger partial charge in [-0.1, -0.05) is 24.0 Å². The number of hydrogen-bond donors (Lipinski definition) is 1. The van der Waals surface area contributed by atoms with Crippen molar-refractivity contribution in [1.82, 2.24) is 4.90 Å². The van der Waals surface area contributed by atoms with Gasteiger partial charge in [0.25, 0.3) is 5.91 Å². The van der Waals surface area contributed by atoms with Crippen molar-refractivity contribution in [2.45, 2.75) is 0 Å². The van der Waals surface area contributed by atoms with E-state index in [1.165, 1.54) is 11.3 Å². The van der Waals surface area contributed by atoms with Gasteiger partial charge in [0.05, 0.1) is 8.69 Å². The Kier molecular flexibility index (Phi) is 4.21. The standard InChI is InChI=1S/C10H6BrNO3S3/c11-7-2-1-5(17-7)3-6-9(15)12(4-8(13)14)10(16)18-6/h1-3H,4H2,(H,13,14). The van der Waals surface area contributed by atoms with Crippen LogP contribution in [0.1, 0.15) is 4.88 Å².